The Labute approximate surface area is 140 Å². The SMILES string of the molecule is Cc1ccc(OC2CCN(C(=O)c3c[nH]c(C)cc3=O)CC2)nc1. The number of piperidine rings is 1. The lowest BCUT2D eigenvalue weighted by molar-refractivity contribution is 0.0586. The van der Waals surface area contributed by atoms with E-state index in [-0.39, 0.29) is 23.0 Å². The summed E-state index contributed by atoms with van der Waals surface area (Å²) in [5.74, 6) is 0.392. The molecule has 3 heterocycles. The highest BCUT2D eigenvalue weighted by atomic mass is 16.5. The maximum Gasteiger partial charge on any atom is 0.259 e. The lowest BCUT2D eigenvalue weighted by atomic mass is 10.1. The van der Waals surface area contributed by atoms with Crippen LogP contribution < -0.4 is 10.2 Å². The molecule has 2 aromatic heterocycles. The van der Waals surface area contributed by atoms with Crippen molar-refractivity contribution >= 4 is 5.91 Å². The summed E-state index contributed by atoms with van der Waals surface area (Å²) in [5, 5.41) is 0. The third-order valence-electron chi connectivity index (χ3n) is 4.19. The zero-order chi connectivity index (χ0) is 17.1. The van der Waals surface area contributed by atoms with Crippen molar-refractivity contribution in [3.05, 3.63) is 57.6 Å². The lowest BCUT2D eigenvalue weighted by Crippen LogP contribution is -2.43. The van der Waals surface area contributed by atoms with Gasteiger partial charge in [0.25, 0.3) is 5.91 Å². The molecule has 0 atom stereocenters. The van der Waals surface area contributed by atoms with E-state index >= 15 is 0 Å². The quantitative estimate of drug-likeness (QED) is 0.936. The molecule has 6 heteroatoms. The predicted octanol–water partition coefficient (Wildman–Crippen LogP) is 2.07. The van der Waals surface area contributed by atoms with E-state index in [2.05, 4.69) is 9.97 Å². The fourth-order valence-corrected chi connectivity index (χ4v) is 2.78. The van der Waals surface area contributed by atoms with Gasteiger partial charge in [-0.05, 0) is 19.4 Å². The Kier molecular flexibility index (Phi) is 4.64. The van der Waals surface area contributed by atoms with Gasteiger partial charge in [0.05, 0.1) is 0 Å². The zero-order valence-electron chi connectivity index (χ0n) is 13.9. The first-order valence-electron chi connectivity index (χ1n) is 8.11. The molecule has 0 spiro atoms. The topological polar surface area (TPSA) is 75.3 Å². The number of carbonyl (C=O) groups excluding carboxylic acids is 1. The van der Waals surface area contributed by atoms with Crippen LogP contribution in [-0.2, 0) is 0 Å². The van der Waals surface area contributed by atoms with Gasteiger partial charge in [0.15, 0.2) is 5.43 Å². The van der Waals surface area contributed by atoms with Gasteiger partial charge in [0.2, 0.25) is 5.88 Å². The zero-order valence-corrected chi connectivity index (χ0v) is 13.9. The fourth-order valence-electron chi connectivity index (χ4n) is 2.78. The van der Waals surface area contributed by atoms with Gasteiger partial charge in [-0.15, -0.1) is 0 Å². The van der Waals surface area contributed by atoms with Gasteiger partial charge in [0, 0.05) is 56.2 Å². The Morgan fingerprint density at radius 1 is 1.29 bits per heavy atom. The fraction of sp³-hybridized carbons (Fsp3) is 0.389. The van der Waals surface area contributed by atoms with Crippen LogP contribution in [-0.4, -0.2) is 40.0 Å². The molecule has 1 saturated heterocycles. The second kappa shape index (κ2) is 6.86. The summed E-state index contributed by atoms with van der Waals surface area (Å²) >= 11 is 0. The molecule has 1 aliphatic rings. The summed E-state index contributed by atoms with van der Waals surface area (Å²) < 4.78 is 5.87. The van der Waals surface area contributed by atoms with Crippen molar-refractivity contribution in [2.24, 2.45) is 0 Å². The second-order valence-electron chi connectivity index (χ2n) is 6.18. The van der Waals surface area contributed by atoms with Gasteiger partial charge < -0.3 is 14.6 Å². The molecule has 0 bridgehead atoms. The van der Waals surface area contributed by atoms with Crippen LogP contribution in [0.25, 0.3) is 0 Å². The van der Waals surface area contributed by atoms with E-state index in [4.69, 9.17) is 4.74 Å². The lowest BCUT2D eigenvalue weighted by Gasteiger charge is -2.31. The molecule has 0 aliphatic carbocycles. The summed E-state index contributed by atoms with van der Waals surface area (Å²) in [6, 6.07) is 5.27. The first-order chi connectivity index (χ1) is 11.5. The van der Waals surface area contributed by atoms with Crippen LogP contribution in [0.4, 0.5) is 0 Å². The monoisotopic (exact) mass is 327 g/mol. The highest BCUT2D eigenvalue weighted by Gasteiger charge is 2.26. The summed E-state index contributed by atoms with van der Waals surface area (Å²) in [6.45, 7) is 4.91. The minimum Gasteiger partial charge on any atom is -0.474 e. The van der Waals surface area contributed by atoms with E-state index in [0.29, 0.717) is 19.0 Å². The molecule has 1 N–H and O–H groups in total. The van der Waals surface area contributed by atoms with Gasteiger partial charge in [-0.2, -0.15) is 0 Å². The van der Waals surface area contributed by atoms with Gasteiger partial charge in [-0.3, -0.25) is 9.59 Å². The number of rotatable bonds is 3. The molecule has 126 valence electrons. The Hall–Kier alpha value is -2.63. The Bertz CT molecular complexity index is 775. The van der Waals surface area contributed by atoms with E-state index in [1.54, 1.807) is 18.0 Å². The van der Waals surface area contributed by atoms with Crippen LogP contribution in [0.1, 0.15) is 34.5 Å². The molecule has 0 radical (unpaired) electrons. The number of aryl methyl sites for hydroxylation is 2. The highest BCUT2D eigenvalue weighted by molar-refractivity contribution is 5.93. The van der Waals surface area contributed by atoms with Crippen molar-refractivity contribution < 1.29 is 9.53 Å². The van der Waals surface area contributed by atoms with Gasteiger partial charge >= 0.3 is 0 Å². The predicted molar refractivity (Wildman–Crippen MR) is 90.3 cm³/mol. The van der Waals surface area contributed by atoms with Crippen LogP contribution in [0.2, 0.25) is 0 Å². The number of amides is 1. The molecular weight excluding hydrogens is 306 g/mol. The highest BCUT2D eigenvalue weighted by Crippen LogP contribution is 2.18. The molecule has 3 rings (SSSR count). The number of pyridine rings is 2. The number of likely N-dealkylation sites (tertiary alicyclic amines) is 1. The first-order valence-corrected chi connectivity index (χ1v) is 8.11. The molecular formula is C18H21N3O3. The summed E-state index contributed by atoms with van der Waals surface area (Å²) in [4.78, 5) is 33.3. The van der Waals surface area contributed by atoms with Gasteiger partial charge in [-0.25, -0.2) is 4.98 Å². The van der Waals surface area contributed by atoms with Crippen molar-refractivity contribution in [2.45, 2.75) is 32.8 Å². The number of aromatic amines is 1. The standard InChI is InChI=1S/C18H21N3O3/c1-12-3-4-17(20-10-12)24-14-5-7-21(8-6-14)18(23)15-11-19-13(2)9-16(15)22/h3-4,9-11,14H,5-8H2,1-2H3,(H,19,22). The van der Waals surface area contributed by atoms with Crippen molar-refractivity contribution in [1.29, 1.82) is 0 Å². The molecule has 2 aromatic rings. The number of nitrogens with zero attached hydrogens (tertiary/aromatic N) is 2. The minimum atomic E-state index is -0.238. The Balaban J connectivity index is 1.59. The number of ether oxygens (including phenoxy) is 1. The van der Waals surface area contributed by atoms with E-state index in [1.807, 2.05) is 19.1 Å². The van der Waals surface area contributed by atoms with Crippen molar-refractivity contribution in [2.75, 3.05) is 13.1 Å². The molecule has 1 aliphatic heterocycles. The first kappa shape index (κ1) is 16.2. The number of carbonyl (C=O) groups is 1. The molecule has 6 nitrogen and oxygen atoms in total. The molecule has 1 fully saturated rings. The number of H-pyrrole nitrogens is 1. The third kappa shape index (κ3) is 3.64. The Morgan fingerprint density at radius 3 is 2.67 bits per heavy atom. The summed E-state index contributed by atoms with van der Waals surface area (Å²) in [5.41, 5.74) is 1.79. The van der Waals surface area contributed by atoms with Crippen LogP contribution in [0.15, 0.2) is 35.4 Å². The van der Waals surface area contributed by atoms with Crippen molar-refractivity contribution in [3.8, 4) is 5.88 Å². The maximum absolute atomic E-state index is 12.5. The van der Waals surface area contributed by atoms with E-state index in [9.17, 15) is 9.59 Å². The molecule has 1 amide bonds. The molecule has 0 aromatic carbocycles. The van der Waals surface area contributed by atoms with Crippen LogP contribution in [0.5, 0.6) is 5.88 Å². The molecule has 0 unspecified atom stereocenters. The minimum absolute atomic E-state index is 0.0422. The number of hydrogen-bond acceptors (Lipinski definition) is 4. The number of hydrogen-bond donors (Lipinski definition) is 1. The number of nitrogens with one attached hydrogen (secondary N) is 1. The van der Waals surface area contributed by atoms with Crippen molar-refractivity contribution in [3.63, 3.8) is 0 Å². The van der Waals surface area contributed by atoms with Gasteiger partial charge in [-0.1, -0.05) is 6.07 Å². The average Bonchev–Trinajstić information content (AvgIpc) is 2.57. The van der Waals surface area contributed by atoms with E-state index in [1.165, 1.54) is 12.3 Å². The van der Waals surface area contributed by atoms with Crippen LogP contribution in [0, 0.1) is 13.8 Å². The van der Waals surface area contributed by atoms with Crippen LogP contribution in [0.3, 0.4) is 0 Å². The third-order valence-corrected chi connectivity index (χ3v) is 4.19. The number of aromatic nitrogens is 2. The normalized spacial score (nSPS) is 15.3. The second-order valence-corrected chi connectivity index (χ2v) is 6.18. The average molecular weight is 327 g/mol. The smallest absolute Gasteiger partial charge is 0.259 e. The maximum atomic E-state index is 12.5. The van der Waals surface area contributed by atoms with Crippen molar-refractivity contribution in [1.82, 2.24) is 14.9 Å². The van der Waals surface area contributed by atoms with E-state index < -0.39 is 0 Å². The van der Waals surface area contributed by atoms with Gasteiger partial charge in [0.1, 0.15) is 11.7 Å². The summed E-state index contributed by atoms with van der Waals surface area (Å²) in [6.07, 6.45) is 4.77. The largest absolute Gasteiger partial charge is 0.474 e. The molecule has 0 saturated carbocycles. The Morgan fingerprint density at radius 2 is 2.04 bits per heavy atom. The van der Waals surface area contributed by atoms with Crippen LogP contribution >= 0.6 is 0 Å². The van der Waals surface area contributed by atoms with E-state index in [0.717, 1.165) is 24.1 Å². The summed E-state index contributed by atoms with van der Waals surface area (Å²) in [7, 11) is 0. The molecule has 24 heavy (non-hydrogen) atoms.